The Kier molecular flexibility index (Phi) is 4.11. The van der Waals surface area contributed by atoms with Gasteiger partial charge in [0.1, 0.15) is 11.5 Å². The van der Waals surface area contributed by atoms with Crippen LogP contribution in [-0.4, -0.2) is 25.9 Å². The molecule has 0 saturated heterocycles. The fraction of sp³-hybridized carbons (Fsp3) is 0.273. The normalized spacial score (nSPS) is 10.7. The van der Waals surface area contributed by atoms with Crippen LogP contribution in [0.15, 0.2) is 35.4 Å². The summed E-state index contributed by atoms with van der Waals surface area (Å²) in [7, 11) is 0. The summed E-state index contributed by atoms with van der Waals surface area (Å²) in [5.74, 6) is 0.502. The third-order valence-electron chi connectivity index (χ3n) is 2.16. The molecular weight excluding hydrogens is 241 g/mol. The molecule has 0 fully saturated rings. The quantitative estimate of drug-likeness (QED) is 0.824. The summed E-state index contributed by atoms with van der Waals surface area (Å²) in [4.78, 5) is 0.634. The molecule has 0 saturated carbocycles. The zero-order valence-electron chi connectivity index (χ0n) is 9.08. The summed E-state index contributed by atoms with van der Waals surface area (Å²) < 4.78 is 14.9. The summed E-state index contributed by atoms with van der Waals surface area (Å²) in [5, 5.41) is 16.4. The molecule has 0 aliphatic carbocycles. The SMILES string of the molecule is OCc1cn(CCSc2ccccc2F)nn1. The Morgan fingerprint density at radius 2 is 2.18 bits per heavy atom. The number of thioether (sulfide) groups is 1. The Morgan fingerprint density at radius 3 is 2.88 bits per heavy atom. The van der Waals surface area contributed by atoms with Gasteiger partial charge in [-0.2, -0.15) is 0 Å². The van der Waals surface area contributed by atoms with E-state index in [2.05, 4.69) is 10.3 Å². The summed E-state index contributed by atoms with van der Waals surface area (Å²) in [5.41, 5.74) is 0.542. The number of aryl methyl sites for hydroxylation is 1. The maximum Gasteiger partial charge on any atom is 0.136 e. The average molecular weight is 253 g/mol. The zero-order chi connectivity index (χ0) is 12.1. The van der Waals surface area contributed by atoms with Crippen LogP contribution in [0.25, 0.3) is 0 Å². The van der Waals surface area contributed by atoms with Crippen LogP contribution in [0.4, 0.5) is 4.39 Å². The first-order valence-electron chi connectivity index (χ1n) is 5.17. The number of rotatable bonds is 5. The molecule has 1 aromatic heterocycles. The van der Waals surface area contributed by atoms with E-state index in [1.165, 1.54) is 17.8 Å². The topological polar surface area (TPSA) is 50.9 Å². The van der Waals surface area contributed by atoms with Gasteiger partial charge in [0.05, 0.1) is 19.3 Å². The van der Waals surface area contributed by atoms with E-state index < -0.39 is 0 Å². The monoisotopic (exact) mass is 253 g/mol. The van der Waals surface area contributed by atoms with Crippen LogP contribution in [0.2, 0.25) is 0 Å². The van der Waals surface area contributed by atoms with Gasteiger partial charge in [0.15, 0.2) is 0 Å². The van der Waals surface area contributed by atoms with E-state index in [4.69, 9.17) is 5.11 Å². The van der Waals surface area contributed by atoms with Gasteiger partial charge in [-0.05, 0) is 12.1 Å². The number of aromatic nitrogens is 3. The van der Waals surface area contributed by atoms with Gasteiger partial charge >= 0.3 is 0 Å². The number of hydrogen-bond acceptors (Lipinski definition) is 4. The molecule has 0 spiro atoms. The highest BCUT2D eigenvalue weighted by atomic mass is 32.2. The van der Waals surface area contributed by atoms with Gasteiger partial charge in [-0.3, -0.25) is 4.68 Å². The molecule has 1 aromatic carbocycles. The summed E-state index contributed by atoms with van der Waals surface area (Å²) in [6.07, 6.45) is 1.68. The Labute approximate surface area is 102 Å². The largest absolute Gasteiger partial charge is 0.390 e. The predicted octanol–water partition coefficient (Wildman–Crippen LogP) is 1.70. The third-order valence-corrected chi connectivity index (χ3v) is 3.19. The lowest BCUT2D eigenvalue weighted by molar-refractivity contribution is 0.276. The summed E-state index contributed by atoms with van der Waals surface area (Å²) in [6.45, 7) is 0.520. The highest BCUT2D eigenvalue weighted by Gasteiger charge is 2.02. The minimum Gasteiger partial charge on any atom is -0.390 e. The lowest BCUT2D eigenvalue weighted by Gasteiger charge is -2.02. The van der Waals surface area contributed by atoms with Crippen molar-refractivity contribution in [2.24, 2.45) is 0 Å². The molecule has 17 heavy (non-hydrogen) atoms. The van der Waals surface area contributed by atoms with Crippen LogP contribution >= 0.6 is 11.8 Å². The minimum absolute atomic E-state index is 0.111. The molecular formula is C11H12FN3OS. The molecule has 0 bridgehead atoms. The predicted molar refractivity (Wildman–Crippen MR) is 63.1 cm³/mol. The van der Waals surface area contributed by atoms with Gasteiger partial charge in [0.2, 0.25) is 0 Å². The molecule has 0 aliphatic heterocycles. The molecule has 0 aliphatic rings. The fourth-order valence-corrected chi connectivity index (χ4v) is 2.21. The Balaban J connectivity index is 1.85. The maximum atomic E-state index is 13.3. The van der Waals surface area contributed by atoms with Crippen LogP contribution in [0.1, 0.15) is 5.69 Å². The first kappa shape index (κ1) is 12.1. The van der Waals surface area contributed by atoms with Crippen molar-refractivity contribution in [3.8, 4) is 0 Å². The highest BCUT2D eigenvalue weighted by molar-refractivity contribution is 7.99. The molecule has 90 valence electrons. The molecule has 2 aromatic rings. The maximum absolute atomic E-state index is 13.3. The van der Waals surface area contributed by atoms with Crippen molar-refractivity contribution in [3.63, 3.8) is 0 Å². The van der Waals surface area contributed by atoms with Gasteiger partial charge < -0.3 is 5.11 Å². The second kappa shape index (κ2) is 5.79. The van der Waals surface area contributed by atoms with E-state index in [0.717, 1.165) is 0 Å². The standard InChI is InChI=1S/C11H12FN3OS/c12-10-3-1-2-4-11(10)17-6-5-15-7-9(8-16)13-14-15/h1-4,7,16H,5-6,8H2. The number of aliphatic hydroxyl groups excluding tert-OH is 1. The number of aliphatic hydroxyl groups is 1. The van der Waals surface area contributed by atoms with E-state index in [-0.39, 0.29) is 12.4 Å². The Morgan fingerprint density at radius 1 is 1.35 bits per heavy atom. The molecule has 4 nitrogen and oxygen atoms in total. The van der Waals surface area contributed by atoms with Crippen molar-refractivity contribution in [3.05, 3.63) is 42.0 Å². The van der Waals surface area contributed by atoms with Gasteiger partial charge in [0, 0.05) is 10.6 Å². The van der Waals surface area contributed by atoms with Crippen LogP contribution < -0.4 is 0 Å². The second-order valence-corrected chi connectivity index (χ2v) is 4.55. The Bertz CT molecular complexity index is 489. The first-order valence-corrected chi connectivity index (χ1v) is 6.15. The first-order chi connectivity index (χ1) is 8.29. The van der Waals surface area contributed by atoms with Gasteiger partial charge in [-0.1, -0.05) is 17.3 Å². The smallest absolute Gasteiger partial charge is 0.136 e. The average Bonchev–Trinajstić information content (AvgIpc) is 2.80. The van der Waals surface area contributed by atoms with E-state index in [9.17, 15) is 4.39 Å². The lowest BCUT2D eigenvalue weighted by atomic mass is 10.3. The van der Waals surface area contributed by atoms with Crippen molar-refractivity contribution < 1.29 is 9.50 Å². The number of halogens is 1. The van der Waals surface area contributed by atoms with Crippen molar-refractivity contribution in [2.45, 2.75) is 18.0 Å². The molecule has 0 radical (unpaired) electrons. The second-order valence-electron chi connectivity index (χ2n) is 3.41. The number of nitrogens with zero attached hydrogens (tertiary/aromatic N) is 3. The van der Waals surface area contributed by atoms with E-state index >= 15 is 0 Å². The molecule has 1 heterocycles. The van der Waals surface area contributed by atoms with Crippen molar-refractivity contribution >= 4 is 11.8 Å². The van der Waals surface area contributed by atoms with Gasteiger partial charge in [-0.15, -0.1) is 16.9 Å². The minimum atomic E-state index is -0.202. The highest BCUT2D eigenvalue weighted by Crippen LogP contribution is 2.20. The molecule has 0 amide bonds. The fourth-order valence-electron chi connectivity index (χ4n) is 1.33. The van der Waals surface area contributed by atoms with Crippen LogP contribution in [0, 0.1) is 5.82 Å². The van der Waals surface area contributed by atoms with Crippen LogP contribution in [0.3, 0.4) is 0 Å². The lowest BCUT2D eigenvalue weighted by Crippen LogP contribution is -2.01. The molecule has 0 atom stereocenters. The molecule has 2 rings (SSSR count). The van der Waals surface area contributed by atoms with E-state index in [1.54, 1.807) is 23.0 Å². The Hall–Kier alpha value is -1.40. The van der Waals surface area contributed by atoms with E-state index in [0.29, 0.717) is 22.9 Å². The molecule has 6 heteroatoms. The van der Waals surface area contributed by atoms with Crippen LogP contribution in [0.5, 0.6) is 0 Å². The summed E-state index contributed by atoms with van der Waals surface area (Å²) in [6, 6.07) is 6.68. The molecule has 1 N–H and O–H groups in total. The van der Waals surface area contributed by atoms with Gasteiger partial charge in [0.25, 0.3) is 0 Å². The van der Waals surface area contributed by atoms with Crippen molar-refractivity contribution in [1.29, 1.82) is 0 Å². The van der Waals surface area contributed by atoms with E-state index in [1.807, 2.05) is 6.07 Å². The number of benzene rings is 1. The molecule has 0 unspecified atom stereocenters. The van der Waals surface area contributed by atoms with Crippen LogP contribution in [-0.2, 0) is 13.2 Å². The summed E-state index contributed by atoms with van der Waals surface area (Å²) >= 11 is 1.43. The van der Waals surface area contributed by atoms with Crippen molar-refractivity contribution in [2.75, 3.05) is 5.75 Å². The number of hydrogen-bond donors (Lipinski definition) is 1. The zero-order valence-corrected chi connectivity index (χ0v) is 9.90. The van der Waals surface area contributed by atoms with Crippen molar-refractivity contribution in [1.82, 2.24) is 15.0 Å². The van der Waals surface area contributed by atoms with Gasteiger partial charge in [-0.25, -0.2) is 4.39 Å². The third kappa shape index (κ3) is 3.28.